The number of nitrogens with two attached hydrogens (primary N) is 4. The number of hydrogen-bond acceptors (Lipinski definition) is 10. The van der Waals surface area contributed by atoms with Crippen molar-refractivity contribution in [2.24, 2.45) is 22.9 Å². The fourth-order valence-corrected chi connectivity index (χ4v) is 9.10. The van der Waals surface area contributed by atoms with Gasteiger partial charge in [-0.2, -0.15) is 0 Å². The maximum absolute atomic E-state index is 10.8. The fourth-order valence-electron chi connectivity index (χ4n) is 3.72. The van der Waals surface area contributed by atoms with Gasteiger partial charge in [0, 0.05) is 64.8 Å². The van der Waals surface area contributed by atoms with Crippen molar-refractivity contribution in [1.29, 1.82) is 0 Å². The topological polar surface area (TPSA) is 189 Å². The first-order valence-corrected chi connectivity index (χ1v) is 15.6. The normalized spacial score (nSPS) is 14.6. The molecule has 0 spiro atoms. The number of carbonyl (C=O) groups is 1. The van der Waals surface area contributed by atoms with E-state index in [0.29, 0.717) is 39.0 Å². The standard InChI is InChI=1S/C10H27N3O3Si.C10H24N2O4Si/c1-14-17(15-2,16-3)10(5-7-12)8-9(13)4-6-11;1-5-14-17(15-6-2,16-7-3)8-9(4)12-10(11)13/h9-10H,4-8,11-13H2,1-3H3;9H,5-8H2,1-4H3,(H3,11,12,13). The number of rotatable bonds is 19. The van der Waals surface area contributed by atoms with Gasteiger partial charge in [0.2, 0.25) is 0 Å². The quantitative estimate of drug-likeness (QED) is 0.149. The molecule has 9 N–H and O–H groups in total. The van der Waals surface area contributed by atoms with Gasteiger partial charge in [-0.25, -0.2) is 4.79 Å². The van der Waals surface area contributed by atoms with Gasteiger partial charge in [-0.1, -0.05) is 0 Å². The van der Waals surface area contributed by atoms with Gasteiger partial charge in [-0.3, -0.25) is 0 Å². The van der Waals surface area contributed by atoms with Crippen LogP contribution < -0.4 is 28.3 Å². The highest BCUT2D eigenvalue weighted by Crippen LogP contribution is 2.31. The van der Waals surface area contributed by atoms with Crippen molar-refractivity contribution in [3.63, 3.8) is 0 Å². The molecule has 3 atom stereocenters. The summed E-state index contributed by atoms with van der Waals surface area (Å²) < 4.78 is 33.4. The molecule has 34 heavy (non-hydrogen) atoms. The van der Waals surface area contributed by atoms with E-state index in [2.05, 4.69) is 5.32 Å². The van der Waals surface area contributed by atoms with E-state index in [-0.39, 0.29) is 17.6 Å². The Hall–Kier alpha value is -0.656. The van der Waals surface area contributed by atoms with E-state index in [0.717, 1.165) is 19.3 Å². The van der Waals surface area contributed by atoms with Crippen LogP contribution in [0.25, 0.3) is 0 Å². The van der Waals surface area contributed by atoms with Crippen LogP contribution in [-0.2, 0) is 26.6 Å². The molecule has 3 unspecified atom stereocenters. The molecule has 0 saturated heterocycles. The van der Waals surface area contributed by atoms with Crippen LogP contribution in [0, 0.1) is 0 Å². The smallest absolute Gasteiger partial charge is 0.377 e. The maximum atomic E-state index is 10.8. The van der Waals surface area contributed by atoms with Gasteiger partial charge in [0.1, 0.15) is 0 Å². The molecule has 0 aliphatic carbocycles. The molecule has 2 amide bonds. The molecular weight excluding hydrogens is 478 g/mol. The minimum Gasteiger partial charge on any atom is -0.377 e. The summed E-state index contributed by atoms with van der Waals surface area (Å²) in [5, 5.41) is 2.61. The molecule has 206 valence electrons. The zero-order valence-electron chi connectivity index (χ0n) is 22.3. The molecule has 12 nitrogen and oxygen atoms in total. The third-order valence-corrected chi connectivity index (χ3v) is 11.6. The molecule has 0 saturated carbocycles. The van der Waals surface area contributed by atoms with Crippen molar-refractivity contribution in [1.82, 2.24) is 5.32 Å². The average molecular weight is 530 g/mol. The van der Waals surface area contributed by atoms with E-state index in [9.17, 15) is 4.79 Å². The number of hydrogen-bond donors (Lipinski definition) is 5. The van der Waals surface area contributed by atoms with Crippen molar-refractivity contribution in [3.05, 3.63) is 0 Å². The summed E-state index contributed by atoms with van der Waals surface area (Å²) in [5.74, 6) is 0. The van der Waals surface area contributed by atoms with Gasteiger partial charge in [0.25, 0.3) is 0 Å². The Morgan fingerprint density at radius 2 is 1.32 bits per heavy atom. The number of primary amides is 1. The van der Waals surface area contributed by atoms with Crippen LogP contribution in [0.3, 0.4) is 0 Å². The van der Waals surface area contributed by atoms with Crippen LogP contribution in [-0.4, -0.2) is 90.0 Å². The van der Waals surface area contributed by atoms with Gasteiger partial charge >= 0.3 is 23.6 Å². The van der Waals surface area contributed by atoms with Gasteiger partial charge in [-0.05, 0) is 60.0 Å². The summed E-state index contributed by atoms with van der Waals surface area (Å²) in [4.78, 5) is 10.8. The zero-order chi connectivity index (χ0) is 26.6. The summed E-state index contributed by atoms with van der Waals surface area (Å²) in [7, 11) is -0.531. The molecule has 0 radical (unpaired) electrons. The molecule has 0 aromatic heterocycles. The largest absolute Gasteiger partial charge is 0.503 e. The van der Waals surface area contributed by atoms with Crippen LogP contribution in [0.4, 0.5) is 4.79 Å². The zero-order valence-corrected chi connectivity index (χ0v) is 24.3. The van der Waals surface area contributed by atoms with Crippen molar-refractivity contribution >= 4 is 23.6 Å². The maximum Gasteiger partial charge on any atom is 0.503 e. The van der Waals surface area contributed by atoms with Crippen LogP contribution >= 0.6 is 0 Å². The molecule has 0 rings (SSSR count). The second-order valence-corrected chi connectivity index (χ2v) is 13.5. The van der Waals surface area contributed by atoms with E-state index in [1.54, 1.807) is 21.3 Å². The number of amides is 2. The predicted octanol–water partition coefficient (Wildman–Crippen LogP) is 0.741. The molecule has 0 fully saturated rings. The van der Waals surface area contributed by atoms with E-state index < -0.39 is 23.6 Å². The lowest BCUT2D eigenvalue weighted by Crippen LogP contribution is -2.51. The highest BCUT2D eigenvalue weighted by Gasteiger charge is 2.47. The van der Waals surface area contributed by atoms with Crippen LogP contribution in [0.15, 0.2) is 0 Å². The highest BCUT2D eigenvalue weighted by atomic mass is 28.4. The molecule has 0 bridgehead atoms. The first-order chi connectivity index (χ1) is 16.1. The van der Waals surface area contributed by atoms with Gasteiger partial charge < -0.3 is 54.8 Å². The lowest BCUT2D eigenvalue weighted by atomic mass is 10.1. The first-order valence-electron chi connectivity index (χ1n) is 11.9. The van der Waals surface area contributed by atoms with E-state index in [4.69, 9.17) is 49.5 Å². The lowest BCUT2D eigenvalue weighted by molar-refractivity contribution is 0.0694. The Morgan fingerprint density at radius 1 is 0.882 bits per heavy atom. The monoisotopic (exact) mass is 529 g/mol. The SMILES string of the molecule is CCO[Si](CC(C)NC(N)=O)(OCC)OCC.CO[Si](OC)(OC)C(CCN)CC(N)CCN. The molecule has 0 aromatic carbocycles. The van der Waals surface area contributed by atoms with Gasteiger partial charge in [0.15, 0.2) is 0 Å². The van der Waals surface area contributed by atoms with Crippen LogP contribution in [0.5, 0.6) is 0 Å². The van der Waals surface area contributed by atoms with E-state index >= 15 is 0 Å². The summed E-state index contributed by atoms with van der Waals surface area (Å²) in [5.41, 5.74) is 22.3. The number of carbonyl (C=O) groups excluding carboxylic acids is 1. The molecule has 0 aliphatic heterocycles. The Balaban J connectivity index is 0. The average Bonchev–Trinajstić information content (AvgIpc) is 2.76. The third-order valence-electron chi connectivity index (χ3n) is 5.03. The minimum absolute atomic E-state index is 0.0314. The second-order valence-electron chi connectivity index (χ2n) is 7.66. The van der Waals surface area contributed by atoms with Crippen molar-refractivity contribution in [2.75, 3.05) is 54.2 Å². The Bertz CT molecular complexity index is 483. The summed E-state index contributed by atoms with van der Waals surface area (Å²) in [6.45, 7) is 10.2. The first kappa shape index (κ1) is 35.5. The predicted molar refractivity (Wildman–Crippen MR) is 138 cm³/mol. The summed E-state index contributed by atoms with van der Waals surface area (Å²) in [6.07, 6.45) is 2.32. The molecule has 0 heterocycles. The summed E-state index contributed by atoms with van der Waals surface area (Å²) >= 11 is 0. The Kier molecular flexibility index (Phi) is 21.4. The summed E-state index contributed by atoms with van der Waals surface area (Å²) in [6, 6.07) is -0.136. The van der Waals surface area contributed by atoms with Gasteiger partial charge in [-0.15, -0.1) is 0 Å². The lowest BCUT2D eigenvalue weighted by Gasteiger charge is -2.33. The molecule has 0 aliphatic rings. The van der Waals surface area contributed by atoms with E-state index in [1.807, 2.05) is 27.7 Å². The third kappa shape index (κ3) is 14.0. The highest BCUT2D eigenvalue weighted by molar-refractivity contribution is 6.62. The van der Waals surface area contributed by atoms with Gasteiger partial charge in [0.05, 0.1) is 0 Å². The molecule has 0 aromatic rings. The Morgan fingerprint density at radius 3 is 1.65 bits per heavy atom. The molecular formula is C20H51N5O7Si2. The Labute approximate surface area is 208 Å². The van der Waals surface area contributed by atoms with Crippen LogP contribution in [0.1, 0.15) is 47.0 Å². The number of nitrogens with one attached hydrogen (secondary N) is 1. The van der Waals surface area contributed by atoms with E-state index in [1.165, 1.54) is 0 Å². The van der Waals surface area contributed by atoms with Crippen molar-refractivity contribution in [2.45, 2.75) is 70.6 Å². The number of urea groups is 1. The van der Waals surface area contributed by atoms with Crippen molar-refractivity contribution < 1.29 is 31.4 Å². The second kappa shape index (κ2) is 20.5. The fraction of sp³-hybridized carbons (Fsp3) is 0.950. The molecule has 14 heteroatoms. The van der Waals surface area contributed by atoms with Crippen LogP contribution in [0.2, 0.25) is 11.6 Å². The minimum atomic E-state index is -2.70. The van der Waals surface area contributed by atoms with Crippen molar-refractivity contribution in [3.8, 4) is 0 Å².